The average molecular weight is 167 g/mol. The number of hydrogen-bond donors (Lipinski definition) is 0. The van der Waals surface area contributed by atoms with Crippen molar-refractivity contribution >= 4 is 0 Å². The molecule has 0 radical (unpaired) electrons. The van der Waals surface area contributed by atoms with Crippen LogP contribution in [0, 0.1) is 6.92 Å². The summed E-state index contributed by atoms with van der Waals surface area (Å²) in [5, 5.41) is 0. The van der Waals surface area contributed by atoms with Gasteiger partial charge in [-0.2, -0.15) is 0 Å². The molecule has 0 aromatic carbocycles. The summed E-state index contributed by atoms with van der Waals surface area (Å²) in [6.07, 6.45) is 1.73. The van der Waals surface area contributed by atoms with Gasteiger partial charge in [0.2, 0.25) is 0 Å². The van der Waals surface area contributed by atoms with E-state index in [0.717, 1.165) is 11.4 Å². The Morgan fingerprint density at radius 3 is 2.92 bits per heavy atom. The van der Waals surface area contributed by atoms with Crippen molar-refractivity contribution in [2.45, 2.75) is 6.92 Å². The molecule has 0 N–H and O–H groups in total. The van der Waals surface area contributed by atoms with Crippen LogP contribution in [0.3, 0.4) is 0 Å². The van der Waals surface area contributed by atoms with Gasteiger partial charge in [-0.1, -0.05) is 0 Å². The van der Waals surface area contributed by atoms with Gasteiger partial charge >= 0.3 is 0 Å². The number of aryl methyl sites for hydroxylation is 1. The molecule has 3 nitrogen and oxygen atoms in total. The molecule has 0 aliphatic carbocycles. The Kier molecular flexibility index (Phi) is 3.54. The van der Waals surface area contributed by atoms with Crippen molar-refractivity contribution < 1.29 is 9.47 Å². The van der Waals surface area contributed by atoms with Gasteiger partial charge in [0.1, 0.15) is 12.4 Å². The maximum absolute atomic E-state index is 5.36. The maximum Gasteiger partial charge on any atom is 0.122 e. The normalized spacial score (nSPS) is 9.83. The van der Waals surface area contributed by atoms with E-state index >= 15 is 0 Å². The van der Waals surface area contributed by atoms with Crippen LogP contribution in [0.25, 0.3) is 0 Å². The first-order valence-electron chi connectivity index (χ1n) is 3.87. The number of rotatable bonds is 4. The van der Waals surface area contributed by atoms with Crippen LogP contribution in [0.5, 0.6) is 5.75 Å². The lowest BCUT2D eigenvalue weighted by Gasteiger charge is -2.04. The minimum Gasteiger partial charge on any atom is -0.491 e. The molecule has 1 rings (SSSR count). The van der Waals surface area contributed by atoms with E-state index in [1.807, 2.05) is 19.1 Å². The first kappa shape index (κ1) is 9.00. The molecule has 0 amide bonds. The first-order chi connectivity index (χ1) is 5.83. The van der Waals surface area contributed by atoms with Crippen molar-refractivity contribution in [1.29, 1.82) is 0 Å². The summed E-state index contributed by atoms with van der Waals surface area (Å²) in [6.45, 7) is 3.13. The highest BCUT2D eigenvalue weighted by atomic mass is 16.5. The number of pyridine rings is 1. The van der Waals surface area contributed by atoms with Gasteiger partial charge < -0.3 is 9.47 Å². The van der Waals surface area contributed by atoms with Crippen molar-refractivity contribution in [3.63, 3.8) is 0 Å². The summed E-state index contributed by atoms with van der Waals surface area (Å²) in [7, 11) is 1.65. The standard InChI is InChI=1S/C9H13NO2/c1-8-7-9(3-4-10-8)12-6-5-11-2/h3-4,7H,5-6H2,1-2H3. The molecule has 0 bridgehead atoms. The first-order valence-corrected chi connectivity index (χ1v) is 3.87. The second kappa shape index (κ2) is 4.72. The molecule has 1 heterocycles. The number of ether oxygens (including phenoxy) is 2. The molecule has 66 valence electrons. The van der Waals surface area contributed by atoms with E-state index in [1.54, 1.807) is 13.3 Å². The molecule has 1 aromatic rings. The molecule has 0 fully saturated rings. The van der Waals surface area contributed by atoms with Gasteiger partial charge in [0.15, 0.2) is 0 Å². The zero-order valence-corrected chi connectivity index (χ0v) is 7.41. The fourth-order valence-electron chi connectivity index (χ4n) is 0.852. The Morgan fingerprint density at radius 2 is 2.25 bits per heavy atom. The topological polar surface area (TPSA) is 31.4 Å². The summed E-state index contributed by atoms with van der Waals surface area (Å²) in [5.41, 5.74) is 0.963. The molecule has 0 aliphatic heterocycles. The molecule has 12 heavy (non-hydrogen) atoms. The number of aromatic nitrogens is 1. The van der Waals surface area contributed by atoms with Crippen molar-refractivity contribution in [2.24, 2.45) is 0 Å². The molecule has 3 heteroatoms. The van der Waals surface area contributed by atoms with Gasteiger partial charge in [-0.05, 0) is 13.0 Å². The van der Waals surface area contributed by atoms with Gasteiger partial charge in [-0.3, -0.25) is 4.98 Å². The Morgan fingerprint density at radius 1 is 1.42 bits per heavy atom. The largest absolute Gasteiger partial charge is 0.491 e. The average Bonchev–Trinajstić information content (AvgIpc) is 2.05. The number of methoxy groups -OCH3 is 1. The lowest BCUT2D eigenvalue weighted by Crippen LogP contribution is -2.04. The van der Waals surface area contributed by atoms with Crippen molar-refractivity contribution in [1.82, 2.24) is 4.98 Å². The Hall–Kier alpha value is -1.09. The summed E-state index contributed by atoms with van der Waals surface area (Å²) in [6, 6.07) is 3.73. The second-order valence-corrected chi connectivity index (χ2v) is 2.47. The lowest BCUT2D eigenvalue weighted by molar-refractivity contribution is 0.146. The third kappa shape index (κ3) is 2.88. The summed E-state index contributed by atoms with van der Waals surface area (Å²) in [4.78, 5) is 4.06. The van der Waals surface area contributed by atoms with Crippen molar-refractivity contribution in [2.75, 3.05) is 20.3 Å². The van der Waals surface area contributed by atoms with Crippen LogP contribution in [0.4, 0.5) is 0 Å². The molecule has 0 atom stereocenters. The van der Waals surface area contributed by atoms with Gasteiger partial charge in [-0.15, -0.1) is 0 Å². The van der Waals surface area contributed by atoms with Crippen LogP contribution in [-0.4, -0.2) is 25.3 Å². The number of hydrogen-bond acceptors (Lipinski definition) is 3. The highest BCUT2D eigenvalue weighted by Crippen LogP contribution is 2.09. The molecule has 0 unspecified atom stereocenters. The van der Waals surface area contributed by atoms with Crippen LogP contribution in [0.2, 0.25) is 0 Å². The van der Waals surface area contributed by atoms with E-state index in [2.05, 4.69) is 4.98 Å². The van der Waals surface area contributed by atoms with E-state index in [4.69, 9.17) is 9.47 Å². The number of nitrogens with zero attached hydrogens (tertiary/aromatic N) is 1. The summed E-state index contributed by atoms with van der Waals surface area (Å²) in [5.74, 6) is 0.847. The third-order valence-corrected chi connectivity index (χ3v) is 1.42. The van der Waals surface area contributed by atoms with Crippen LogP contribution >= 0.6 is 0 Å². The molecule has 0 saturated heterocycles. The van der Waals surface area contributed by atoms with Gasteiger partial charge in [0.25, 0.3) is 0 Å². The molecule has 0 saturated carbocycles. The van der Waals surface area contributed by atoms with E-state index in [1.165, 1.54) is 0 Å². The van der Waals surface area contributed by atoms with E-state index in [9.17, 15) is 0 Å². The highest BCUT2D eigenvalue weighted by Gasteiger charge is 1.92. The molecule has 0 spiro atoms. The monoisotopic (exact) mass is 167 g/mol. The SMILES string of the molecule is COCCOc1ccnc(C)c1. The minimum absolute atomic E-state index is 0.583. The van der Waals surface area contributed by atoms with Crippen LogP contribution in [0.1, 0.15) is 5.69 Å². The fraction of sp³-hybridized carbons (Fsp3) is 0.444. The van der Waals surface area contributed by atoms with Crippen LogP contribution in [-0.2, 0) is 4.74 Å². The molecular formula is C9H13NO2. The van der Waals surface area contributed by atoms with Crippen LogP contribution < -0.4 is 4.74 Å². The van der Waals surface area contributed by atoms with Gasteiger partial charge in [0.05, 0.1) is 6.61 Å². The van der Waals surface area contributed by atoms with Gasteiger partial charge in [0, 0.05) is 25.1 Å². The van der Waals surface area contributed by atoms with E-state index in [-0.39, 0.29) is 0 Å². The Bertz CT molecular complexity index is 238. The second-order valence-electron chi connectivity index (χ2n) is 2.47. The molecule has 0 aliphatic rings. The van der Waals surface area contributed by atoms with E-state index < -0.39 is 0 Å². The zero-order valence-electron chi connectivity index (χ0n) is 7.41. The predicted octanol–water partition coefficient (Wildman–Crippen LogP) is 1.42. The fourth-order valence-corrected chi connectivity index (χ4v) is 0.852. The highest BCUT2D eigenvalue weighted by molar-refractivity contribution is 5.21. The maximum atomic E-state index is 5.36. The summed E-state index contributed by atoms with van der Waals surface area (Å²) >= 11 is 0. The smallest absolute Gasteiger partial charge is 0.122 e. The summed E-state index contributed by atoms with van der Waals surface area (Å²) < 4.78 is 10.2. The lowest BCUT2D eigenvalue weighted by atomic mass is 10.4. The van der Waals surface area contributed by atoms with Gasteiger partial charge in [-0.25, -0.2) is 0 Å². The van der Waals surface area contributed by atoms with Crippen molar-refractivity contribution in [3.8, 4) is 5.75 Å². The molecule has 1 aromatic heterocycles. The molecular weight excluding hydrogens is 154 g/mol. The third-order valence-electron chi connectivity index (χ3n) is 1.42. The zero-order chi connectivity index (χ0) is 8.81. The predicted molar refractivity (Wildman–Crippen MR) is 46.3 cm³/mol. The van der Waals surface area contributed by atoms with Crippen molar-refractivity contribution in [3.05, 3.63) is 24.0 Å². The van der Waals surface area contributed by atoms with Crippen LogP contribution in [0.15, 0.2) is 18.3 Å². The van der Waals surface area contributed by atoms with E-state index in [0.29, 0.717) is 13.2 Å². The Balaban J connectivity index is 2.41. The Labute approximate surface area is 72.3 Å². The minimum atomic E-state index is 0.583. The quantitative estimate of drug-likeness (QED) is 0.635.